The van der Waals surface area contributed by atoms with E-state index in [-0.39, 0.29) is 19.1 Å². The molecule has 0 unspecified atom stereocenters. The van der Waals surface area contributed by atoms with Crippen molar-refractivity contribution in [3.63, 3.8) is 0 Å². The van der Waals surface area contributed by atoms with E-state index in [2.05, 4.69) is 5.32 Å². The first kappa shape index (κ1) is 19.9. The Morgan fingerprint density at radius 1 is 1.29 bits per heavy atom. The molecule has 0 aliphatic carbocycles. The Morgan fingerprint density at radius 3 is 2.71 bits per heavy atom. The van der Waals surface area contributed by atoms with Gasteiger partial charge in [-0.25, -0.2) is 4.79 Å². The number of para-hydroxylation sites is 2. The molecule has 1 aliphatic rings. The van der Waals surface area contributed by atoms with Crippen LogP contribution in [0.15, 0.2) is 24.3 Å². The summed E-state index contributed by atoms with van der Waals surface area (Å²) in [5.41, 5.74) is 1.69. The van der Waals surface area contributed by atoms with Crippen molar-refractivity contribution in [1.82, 2.24) is 0 Å². The summed E-state index contributed by atoms with van der Waals surface area (Å²) in [7, 11) is 0. The summed E-state index contributed by atoms with van der Waals surface area (Å²) in [6.45, 7) is 7.14. The summed E-state index contributed by atoms with van der Waals surface area (Å²) in [5, 5.41) is 3.20. The van der Waals surface area contributed by atoms with Crippen LogP contribution in [0.4, 0.5) is 10.7 Å². The van der Waals surface area contributed by atoms with Gasteiger partial charge in [0.15, 0.2) is 6.10 Å². The molecule has 0 saturated heterocycles. The van der Waals surface area contributed by atoms with Gasteiger partial charge in [-0.15, -0.1) is 11.3 Å². The maximum atomic E-state index is 12.7. The van der Waals surface area contributed by atoms with Gasteiger partial charge in [-0.3, -0.25) is 14.5 Å². The molecular formula is C20H22N2O5S. The molecule has 148 valence electrons. The van der Waals surface area contributed by atoms with Crippen LogP contribution < -0.4 is 15.0 Å². The third-order valence-corrected chi connectivity index (χ3v) is 5.62. The molecule has 0 spiro atoms. The zero-order valence-electron chi connectivity index (χ0n) is 16.2. The molecule has 1 aromatic heterocycles. The number of hydrogen-bond acceptors (Lipinski definition) is 6. The van der Waals surface area contributed by atoms with Gasteiger partial charge in [0.1, 0.15) is 17.3 Å². The fourth-order valence-electron chi connectivity index (χ4n) is 3.00. The molecule has 1 aromatic carbocycles. The van der Waals surface area contributed by atoms with Crippen molar-refractivity contribution in [1.29, 1.82) is 0 Å². The molecule has 28 heavy (non-hydrogen) atoms. The Labute approximate surface area is 167 Å². The highest BCUT2D eigenvalue weighted by atomic mass is 32.1. The SMILES string of the molecule is CCOC(=O)c1c(NC(=O)CN2C(=O)[C@H](C)Oc3ccccc32)sc(C)c1C. The van der Waals surface area contributed by atoms with Gasteiger partial charge in [0, 0.05) is 4.88 Å². The normalized spacial score (nSPS) is 15.6. The Kier molecular flexibility index (Phi) is 5.69. The van der Waals surface area contributed by atoms with Crippen molar-refractivity contribution in [2.75, 3.05) is 23.4 Å². The predicted octanol–water partition coefficient (Wildman–Crippen LogP) is 3.29. The number of carbonyl (C=O) groups excluding carboxylic acids is 3. The van der Waals surface area contributed by atoms with E-state index in [0.29, 0.717) is 22.0 Å². The molecule has 2 amide bonds. The van der Waals surface area contributed by atoms with Gasteiger partial charge in [0.2, 0.25) is 5.91 Å². The molecule has 0 bridgehead atoms. The zero-order valence-corrected chi connectivity index (χ0v) is 17.0. The summed E-state index contributed by atoms with van der Waals surface area (Å²) < 4.78 is 10.7. The number of anilines is 2. The van der Waals surface area contributed by atoms with Crippen LogP contribution in [-0.4, -0.2) is 37.0 Å². The lowest BCUT2D eigenvalue weighted by Crippen LogP contribution is -2.47. The molecule has 0 saturated carbocycles. The van der Waals surface area contributed by atoms with Gasteiger partial charge in [0.25, 0.3) is 5.91 Å². The minimum atomic E-state index is -0.677. The average Bonchev–Trinajstić information content (AvgIpc) is 2.92. The van der Waals surface area contributed by atoms with Gasteiger partial charge >= 0.3 is 5.97 Å². The van der Waals surface area contributed by atoms with E-state index in [9.17, 15) is 14.4 Å². The minimum Gasteiger partial charge on any atom is -0.479 e. The van der Waals surface area contributed by atoms with Crippen LogP contribution >= 0.6 is 11.3 Å². The topological polar surface area (TPSA) is 84.9 Å². The summed E-state index contributed by atoms with van der Waals surface area (Å²) in [4.78, 5) is 39.8. The van der Waals surface area contributed by atoms with Crippen molar-refractivity contribution in [2.24, 2.45) is 0 Å². The number of thiophene rings is 1. The fraction of sp³-hybridized carbons (Fsp3) is 0.350. The second-order valence-corrected chi connectivity index (χ2v) is 7.63. The van der Waals surface area contributed by atoms with E-state index in [1.165, 1.54) is 16.2 Å². The number of carbonyl (C=O) groups is 3. The Balaban J connectivity index is 1.83. The van der Waals surface area contributed by atoms with Crippen LogP contribution in [0.1, 0.15) is 34.6 Å². The third-order valence-electron chi connectivity index (χ3n) is 4.49. The van der Waals surface area contributed by atoms with Crippen LogP contribution in [0.3, 0.4) is 0 Å². The lowest BCUT2D eigenvalue weighted by atomic mass is 10.1. The Bertz CT molecular complexity index is 937. The molecule has 0 radical (unpaired) electrons. The number of hydrogen-bond donors (Lipinski definition) is 1. The zero-order chi connectivity index (χ0) is 20.4. The highest BCUT2D eigenvalue weighted by Gasteiger charge is 2.33. The summed E-state index contributed by atoms with van der Waals surface area (Å²) in [6.07, 6.45) is -0.677. The van der Waals surface area contributed by atoms with Crippen molar-refractivity contribution < 1.29 is 23.9 Å². The van der Waals surface area contributed by atoms with E-state index in [0.717, 1.165) is 10.4 Å². The average molecular weight is 402 g/mol. The monoisotopic (exact) mass is 402 g/mol. The maximum Gasteiger partial charge on any atom is 0.341 e. The van der Waals surface area contributed by atoms with E-state index >= 15 is 0 Å². The second kappa shape index (κ2) is 8.02. The molecule has 8 heteroatoms. The number of benzene rings is 1. The number of aryl methyl sites for hydroxylation is 1. The summed E-state index contributed by atoms with van der Waals surface area (Å²) in [6, 6.07) is 7.08. The summed E-state index contributed by atoms with van der Waals surface area (Å²) >= 11 is 1.31. The lowest BCUT2D eigenvalue weighted by Gasteiger charge is -2.32. The third kappa shape index (κ3) is 3.73. The van der Waals surface area contributed by atoms with Crippen LogP contribution in [0.25, 0.3) is 0 Å². The molecule has 1 N–H and O–H groups in total. The summed E-state index contributed by atoms with van der Waals surface area (Å²) in [5.74, 6) is -0.611. The van der Waals surface area contributed by atoms with Gasteiger partial charge in [-0.2, -0.15) is 0 Å². The first-order valence-electron chi connectivity index (χ1n) is 8.97. The smallest absolute Gasteiger partial charge is 0.341 e. The largest absolute Gasteiger partial charge is 0.479 e. The van der Waals surface area contributed by atoms with E-state index in [1.807, 2.05) is 19.9 Å². The van der Waals surface area contributed by atoms with Gasteiger partial charge in [-0.05, 0) is 45.4 Å². The minimum absolute atomic E-state index is 0.179. The molecule has 3 rings (SSSR count). The molecule has 7 nitrogen and oxygen atoms in total. The molecule has 1 atom stereocenters. The molecule has 1 aliphatic heterocycles. The van der Waals surface area contributed by atoms with Crippen molar-refractivity contribution >= 4 is 39.8 Å². The second-order valence-electron chi connectivity index (χ2n) is 6.41. The highest BCUT2D eigenvalue weighted by molar-refractivity contribution is 7.16. The highest BCUT2D eigenvalue weighted by Crippen LogP contribution is 2.35. The van der Waals surface area contributed by atoms with Crippen LogP contribution in [0, 0.1) is 13.8 Å². The van der Waals surface area contributed by atoms with Crippen LogP contribution in [0.5, 0.6) is 5.75 Å². The van der Waals surface area contributed by atoms with E-state index in [4.69, 9.17) is 9.47 Å². The van der Waals surface area contributed by atoms with Crippen molar-refractivity contribution in [3.05, 3.63) is 40.3 Å². The van der Waals surface area contributed by atoms with Gasteiger partial charge in [0.05, 0.1) is 17.9 Å². The number of nitrogens with one attached hydrogen (secondary N) is 1. The first-order chi connectivity index (χ1) is 13.3. The number of nitrogens with zero attached hydrogens (tertiary/aromatic N) is 1. The molecule has 2 aromatic rings. The number of ether oxygens (including phenoxy) is 2. The Morgan fingerprint density at radius 2 is 2.00 bits per heavy atom. The first-order valence-corrected chi connectivity index (χ1v) is 9.79. The predicted molar refractivity (Wildman–Crippen MR) is 107 cm³/mol. The number of esters is 1. The molecule has 2 heterocycles. The van der Waals surface area contributed by atoms with E-state index in [1.54, 1.807) is 32.0 Å². The standard InChI is InChI=1S/C20H22N2O5S/c1-5-26-20(25)17-11(2)13(4)28-18(17)21-16(23)10-22-14-8-6-7-9-15(14)27-12(3)19(22)24/h6-9,12H,5,10H2,1-4H3,(H,21,23)/t12-/m0/s1. The van der Waals surface area contributed by atoms with Gasteiger partial charge < -0.3 is 14.8 Å². The van der Waals surface area contributed by atoms with Gasteiger partial charge in [-0.1, -0.05) is 12.1 Å². The quantitative estimate of drug-likeness (QED) is 0.776. The fourth-order valence-corrected chi connectivity index (χ4v) is 4.06. The lowest BCUT2D eigenvalue weighted by molar-refractivity contribution is -0.127. The number of amides is 2. The van der Waals surface area contributed by atoms with Crippen molar-refractivity contribution in [3.8, 4) is 5.75 Å². The van der Waals surface area contributed by atoms with Crippen LogP contribution in [-0.2, 0) is 14.3 Å². The molecule has 0 fully saturated rings. The number of fused-ring (bicyclic) bond motifs is 1. The number of rotatable bonds is 5. The Hall–Kier alpha value is -2.87. The van der Waals surface area contributed by atoms with Crippen molar-refractivity contribution in [2.45, 2.75) is 33.8 Å². The van der Waals surface area contributed by atoms with E-state index < -0.39 is 18.0 Å². The maximum absolute atomic E-state index is 12.7. The van der Waals surface area contributed by atoms with Crippen LogP contribution in [0.2, 0.25) is 0 Å². The molecular weight excluding hydrogens is 380 g/mol.